The zero-order chi connectivity index (χ0) is 15.3. The molecule has 2 atom stereocenters. The lowest BCUT2D eigenvalue weighted by Crippen LogP contribution is -2.43. The summed E-state index contributed by atoms with van der Waals surface area (Å²) in [4.78, 5) is 19.1. The molecule has 3 aliphatic heterocycles. The fraction of sp³-hybridized carbons (Fsp3) is 0.529. The van der Waals surface area contributed by atoms with Gasteiger partial charge in [-0.1, -0.05) is 6.08 Å². The molecular formula is C17H20N2O3. The maximum Gasteiger partial charge on any atom is 0.254 e. The van der Waals surface area contributed by atoms with Crippen molar-refractivity contribution in [3.63, 3.8) is 0 Å². The lowest BCUT2D eigenvalue weighted by molar-refractivity contribution is -0.161. The number of hydrogen-bond acceptors (Lipinski definition) is 4. The number of aromatic nitrogens is 1. The molecule has 1 amide bonds. The molecule has 22 heavy (non-hydrogen) atoms. The minimum absolute atomic E-state index is 0.0369. The van der Waals surface area contributed by atoms with Crippen LogP contribution in [0, 0.1) is 0 Å². The SMILES string of the molecule is CC1(C)O[C@@H]2C(=O)N3CCC(=CC[C@H]2O1)c1cnccc1C3. The van der Waals surface area contributed by atoms with Crippen LogP contribution in [0.15, 0.2) is 24.5 Å². The first-order valence-corrected chi connectivity index (χ1v) is 7.80. The molecule has 1 fully saturated rings. The van der Waals surface area contributed by atoms with E-state index in [0.29, 0.717) is 19.5 Å². The maximum atomic E-state index is 12.9. The number of carbonyl (C=O) groups is 1. The molecule has 1 aromatic rings. The van der Waals surface area contributed by atoms with Crippen molar-refractivity contribution in [3.8, 4) is 0 Å². The second-order valence-corrected chi connectivity index (χ2v) is 6.60. The second kappa shape index (κ2) is 4.89. The van der Waals surface area contributed by atoms with Gasteiger partial charge in [0.15, 0.2) is 11.9 Å². The van der Waals surface area contributed by atoms with Crippen LogP contribution in [0.4, 0.5) is 0 Å². The Morgan fingerprint density at radius 1 is 1.36 bits per heavy atom. The first kappa shape index (κ1) is 13.9. The van der Waals surface area contributed by atoms with Crippen molar-refractivity contribution >= 4 is 11.5 Å². The molecule has 5 nitrogen and oxygen atoms in total. The van der Waals surface area contributed by atoms with Crippen molar-refractivity contribution in [1.29, 1.82) is 0 Å². The molecule has 4 heterocycles. The van der Waals surface area contributed by atoms with Crippen LogP contribution < -0.4 is 0 Å². The van der Waals surface area contributed by atoms with E-state index >= 15 is 0 Å². The van der Waals surface area contributed by atoms with E-state index in [1.54, 1.807) is 6.20 Å². The Kier molecular flexibility index (Phi) is 3.09. The molecule has 4 rings (SSSR count). The number of rotatable bonds is 0. The number of ether oxygens (including phenoxy) is 2. The molecule has 0 saturated carbocycles. The Hall–Kier alpha value is -1.72. The predicted octanol–water partition coefficient (Wildman–Crippen LogP) is 2.12. The molecule has 5 heteroatoms. The Morgan fingerprint density at radius 2 is 2.23 bits per heavy atom. The van der Waals surface area contributed by atoms with Crippen LogP contribution in [0.25, 0.3) is 5.57 Å². The fourth-order valence-electron chi connectivity index (χ4n) is 3.58. The van der Waals surface area contributed by atoms with Gasteiger partial charge in [0.05, 0.1) is 6.10 Å². The van der Waals surface area contributed by atoms with E-state index in [4.69, 9.17) is 9.47 Å². The lowest BCUT2D eigenvalue weighted by Gasteiger charge is -2.25. The van der Waals surface area contributed by atoms with Gasteiger partial charge in [0.2, 0.25) is 0 Å². The molecule has 116 valence electrons. The molecule has 0 N–H and O–H groups in total. The summed E-state index contributed by atoms with van der Waals surface area (Å²) in [5.41, 5.74) is 3.57. The highest BCUT2D eigenvalue weighted by molar-refractivity contribution is 5.83. The molecule has 1 saturated heterocycles. The van der Waals surface area contributed by atoms with Crippen LogP contribution in [0.1, 0.15) is 37.8 Å². The lowest BCUT2D eigenvalue weighted by atomic mass is 9.98. The molecule has 1 aromatic heterocycles. The highest BCUT2D eigenvalue weighted by atomic mass is 16.8. The van der Waals surface area contributed by atoms with E-state index in [9.17, 15) is 4.79 Å². The minimum atomic E-state index is -0.702. The standard InChI is InChI=1S/C17H20N2O3/c1-17(2)21-14-4-3-11-6-8-19(16(20)15(14)22-17)10-12-5-7-18-9-13(11)12/h3,5,7,9,14-15H,4,6,8,10H2,1-2H3/t14-,15+/m1/s1. The first-order chi connectivity index (χ1) is 10.5. The summed E-state index contributed by atoms with van der Waals surface area (Å²) < 4.78 is 11.8. The third-order valence-electron chi connectivity index (χ3n) is 4.60. The van der Waals surface area contributed by atoms with Gasteiger partial charge in [-0.15, -0.1) is 0 Å². The van der Waals surface area contributed by atoms with Gasteiger partial charge in [0.25, 0.3) is 5.91 Å². The Bertz CT molecular complexity index is 653. The summed E-state index contributed by atoms with van der Waals surface area (Å²) in [7, 11) is 0. The summed E-state index contributed by atoms with van der Waals surface area (Å²) in [6, 6.07) is 2.00. The maximum absolute atomic E-state index is 12.9. The summed E-state index contributed by atoms with van der Waals surface area (Å²) in [5.74, 6) is -0.665. The predicted molar refractivity (Wildman–Crippen MR) is 80.7 cm³/mol. The molecule has 0 unspecified atom stereocenters. The van der Waals surface area contributed by atoms with Gasteiger partial charge in [-0.25, -0.2) is 0 Å². The molecule has 0 aliphatic carbocycles. The highest BCUT2D eigenvalue weighted by Crippen LogP contribution is 2.36. The smallest absolute Gasteiger partial charge is 0.254 e. The van der Waals surface area contributed by atoms with E-state index in [-0.39, 0.29) is 12.0 Å². The van der Waals surface area contributed by atoms with E-state index < -0.39 is 11.9 Å². The Balaban J connectivity index is 1.78. The average Bonchev–Trinajstić information content (AvgIpc) is 2.71. The van der Waals surface area contributed by atoms with E-state index in [1.165, 1.54) is 5.57 Å². The third-order valence-corrected chi connectivity index (χ3v) is 4.60. The number of amides is 1. The fourth-order valence-corrected chi connectivity index (χ4v) is 3.58. The van der Waals surface area contributed by atoms with E-state index in [2.05, 4.69) is 11.1 Å². The van der Waals surface area contributed by atoms with Gasteiger partial charge in [-0.2, -0.15) is 0 Å². The number of pyridine rings is 1. The van der Waals surface area contributed by atoms with Crippen LogP contribution in [-0.2, 0) is 20.8 Å². The van der Waals surface area contributed by atoms with Crippen LogP contribution in [-0.4, -0.2) is 40.3 Å². The zero-order valence-corrected chi connectivity index (χ0v) is 12.9. The van der Waals surface area contributed by atoms with Gasteiger partial charge in [0.1, 0.15) is 0 Å². The molecule has 0 spiro atoms. The molecule has 0 aromatic carbocycles. The molecule has 0 radical (unpaired) electrons. The van der Waals surface area contributed by atoms with E-state index in [1.807, 2.05) is 31.0 Å². The largest absolute Gasteiger partial charge is 0.344 e. The van der Waals surface area contributed by atoms with Crippen LogP contribution in [0.2, 0.25) is 0 Å². The Morgan fingerprint density at radius 3 is 3.09 bits per heavy atom. The number of carbonyl (C=O) groups excluding carboxylic acids is 1. The number of hydrogen-bond donors (Lipinski definition) is 0. The topological polar surface area (TPSA) is 51.7 Å². The summed E-state index contributed by atoms with van der Waals surface area (Å²) >= 11 is 0. The summed E-state index contributed by atoms with van der Waals surface area (Å²) in [5, 5.41) is 0. The monoisotopic (exact) mass is 300 g/mol. The number of nitrogens with zero attached hydrogens (tertiary/aromatic N) is 2. The zero-order valence-electron chi connectivity index (χ0n) is 12.9. The van der Waals surface area contributed by atoms with Gasteiger partial charge < -0.3 is 14.4 Å². The van der Waals surface area contributed by atoms with Crippen molar-refractivity contribution in [2.24, 2.45) is 0 Å². The molecule has 3 aliphatic rings. The van der Waals surface area contributed by atoms with Crippen molar-refractivity contribution in [2.75, 3.05) is 6.54 Å². The average molecular weight is 300 g/mol. The van der Waals surface area contributed by atoms with Crippen LogP contribution in [0.3, 0.4) is 0 Å². The van der Waals surface area contributed by atoms with E-state index in [0.717, 1.165) is 17.5 Å². The van der Waals surface area contributed by atoms with Crippen LogP contribution in [0.5, 0.6) is 0 Å². The molecular weight excluding hydrogens is 280 g/mol. The Labute approximate surface area is 129 Å². The van der Waals surface area contributed by atoms with Crippen molar-refractivity contribution in [3.05, 3.63) is 35.7 Å². The highest BCUT2D eigenvalue weighted by Gasteiger charge is 2.46. The van der Waals surface area contributed by atoms with Crippen molar-refractivity contribution in [2.45, 2.75) is 51.2 Å². The van der Waals surface area contributed by atoms with Gasteiger partial charge in [-0.05, 0) is 43.9 Å². The van der Waals surface area contributed by atoms with Gasteiger partial charge in [-0.3, -0.25) is 9.78 Å². The normalized spacial score (nSPS) is 29.8. The minimum Gasteiger partial charge on any atom is -0.344 e. The third kappa shape index (κ3) is 2.25. The first-order valence-electron chi connectivity index (χ1n) is 7.80. The van der Waals surface area contributed by atoms with Gasteiger partial charge >= 0.3 is 0 Å². The van der Waals surface area contributed by atoms with Crippen molar-refractivity contribution in [1.82, 2.24) is 9.88 Å². The quantitative estimate of drug-likeness (QED) is 0.736. The number of fused-ring (bicyclic) bond motifs is 6. The van der Waals surface area contributed by atoms with Gasteiger partial charge in [0, 0.05) is 31.0 Å². The summed E-state index contributed by atoms with van der Waals surface area (Å²) in [6.07, 6.45) is 6.72. The van der Waals surface area contributed by atoms with Crippen LogP contribution >= 0.6 is 0 Å². The molecule has 2 bridgehead atoms. The summed E-state index contributed by atoms with van der Waals surface area (Å²) in [6.45, 7) is 5.06. The second-order valence-electron chi connectivity index (χ2n) is 6.60. The van der Waals surface area contributed by atoms with Crippen molar-refractivity contribution < 1.29 is 14.3 Å².